The van der Waals surface area contributed by atoms with Crippen LogP contribution in [0, 0.1) is 23.7 Å². The van der Waals surface area contributed by atoms with Crippen molar-refractivity contribution in [1.29, 1.82) is 0 Å². The minimum atomic E-state index is -1.48. The molecule has 0 aromatic heterocycles. The Morgan fingerprint density at radius 3 is 2.26 bits per heavy atom. The molecule has 14 atom stereocenters. The Balaban J connectivity index is 1.62. The second-order valence-electron chi connectivity index (χ2n) is 18.3. The lowest BCUT2D eigenvalue weighted by Crippen LogP contribution is -2.61. The van der Waals surface area contributed by atoms with Gasteiger partial charge < -0.3 is 43.3 Å². The van der Waals surface area contributed by atoms with Crippen LogP contribution in [0.2, 0.25) is 5.02 Å². The highest BCUT2D eigenvalue weighted by atomic mass is 35.5. The van der Waals surface area contributed by atoms with Gasteiger partial charge in [0.25, 0.3) is 0 Å². The Hall–Kier alpha value is -3.54. The van der Waals surface area contributed by atoms with E-state index in [1.807, 2.05) is 37.9 Å². The number of carbonyl (C=O) groups is 5. The molecular weight excluding hydrogens is 824 g/mol. The van der Waals surface area contributed by atoms with Crippen LogP contribution < -0.4 is 0 Å². The number of ether oxygens (including phenoxy) is 6. The summed E-state index contributed by atoms with van der Waals surface area (Å²) < 4.78 is 38.3. The van der Waals surface area contributed by atoms with E-state index < -0.39 is 95.8 Å². The Morgan fingerprint density at radius 1 is 1.02 bits per heavy atom. The summed E-state index contributed by atoms with van der Waals surface area (Å²) in [7, 11) is 4.98. The number of methoxy groups -OCH3 is 1. The summed E-state index contributed by atoms with van der Waals surface area (Å²) in [5, 5.41) is 12.4. The lowest BCUT2D eigenvalue weighted by molar-refractivity contribution is -0.301. The summed E-state index contributed by atoms with van der Waals surface area (Å²) in [4.78, 5) is 76.5. The summed E-state index contributed by atoms with van der Waals surface area (Å²) in [6.07, 6.45) is -6.38. The largest absolute Gasteiger partial charge is 0.458 e. The van der Waals surface area contributed by atoms with Gasteiger partial charge in [0.15, 0.2) is 11.9 Å². The molecule has 0 saturated carbocycles. The first-order chi connectivity index (χ1) is 29.1. The second kappa shape index (κ2) is 20.1. The zero-order valence-electron chi connectivity index (χ0n) is 38.5. The number of hydrogen-bond acceptors (Lipinski definition) is 13. The van der Waals surface area contributed by atoms with Gasteiger partial charge in [0.05, 0.1) is 36.3 Å². The van der Waals surface area contributed by atoms with Crippen molar-refractivity contribution in [3.05, 3.63) is 34.9 Å². The third-order valence-corrected chi connectivity index (χ3v) is 14.2. The number of nitrogens with zero attached hydrogens (tertiary/aromatic N) is 4. The van der Waals surface area contributed by atoms with E-state index in [-0.39, 0.29) is 43.9 Å². The molecule has 17 heteroatoms. The Morgan fingerprint density at radius 2 is 1.68 bits per heavy atom. The molecule has 5 rings (SSSR count). The molecule has 4 fully saturated rings. The first-order valence-corrected chi connectivity index (χ1v) is 22.5. The van der Waals surface area contributed by atoms with E-state index in [9.17, 15) is 29.1 Å². The van der Waals surface area contributed by atoms with Crippen molar-refractivity contribution < 1.29 is 57.5 Å². The maximum atomic E-state index is 14.9. The lowest BCUT2D eigenvalue weighted by atomic mass is 9.73. The molecule has 62 heavy (non-hydrogen) atoms. The van der Waals surface area contributed by atoms with Gasteiger partial charge in [0.2, 0.25) is 0 Å². The lowest BCUT2D eigenvalue weighted by Gasteiger charge is -2.48. The zero-order valence-corrected chi connectivity index (χ0v) is 39.3. The monoisotopic (exact) mass is 892 g/mol. The van der Waals surface area contributed by atoms with Crippen molar-refractivity contribution in [3.8, 4) is 0 Å². The molecule has 0 spiro atoms. The molecule has 348 valence electrons. The van der Waals surface area contributed by atoms with Crippen molar-refractivity contribution in [3.63, 3.8) is 0 Å². The van der Waals surface area contributed by atoms with Crippen molar-refractivity contribution in [1.82, 2.24) is 19.6 Å². The number of ketones is 1. The van der Waals surface area contributed by atoms with Crippen molar-refractivity contribution in [2.45, 2.75) is 148 Å². The number of carbonyl (C=O) groups excluding carboxylic acids is 5. The molecule has 0 unspecified atom stereocenters. The summed E-state index contributed by atoms with van der Waals surface area (Å²) in [6, 6.07) is 5.55. The SMILES string of the molecule is CC[C@@H]1OC(=O)[C@H](C)[C@H](OC(=O)N2CCN(C)C2=O)[C@H](C)[C@@H](O[C@@H]2O[C@H](C)C[C@H](N(C)CC)[C@H]2O)[C@@](C)(OC)C[C@@H](C)C(=O)[C@@H](C)[C@H]2N(CCc3ccc(Cl)cc3)C(=O)O[C@]12C. The highest BCUT2D eigenvalue weighted by molar-refractivity contribution is 6.30. The van der Waals surface area contributed by atoms with E-state index in [0.717, 1.165) is 10.5 Å². The number of amides is 4. The number of benzene rings is 1. The number of hydrogen-bond donors (Lipinski definition) is 1. The molecule has 4 saturated heterocycles. The first-order valence-electron chi connectivity index (χ1n) is 22.1. The van der Waals surface area contributed by atoms with Gasteiger partial charge in [-0.1, -0.05) is 58.4 Å². The van der Waals surface area contributed by atoms with Gasteiger partial charge in [-0.05, 0) is 84.7 Å². The Bertz CT molecular complexity index is 1770. The van der Waals surface area contributed by atoms with Crippen LogP contribution in [-0.2, 0) is 44.4 Å². The highest BCUT2D eigenvalue weighted by Gasteiger charge is 2.60. The molecule has 1 aromatic rings. The number of imide groups is 1. The predicted molar refractivity (Wildman–Crippen MR) is 229 cm³/mol. The van der Waals surface area contributed by atoms with E-state index in [0.29, 0.717) is 31.0 Å². The topological polar surface area (TPSA) is 174 Å². The van der Waals surface area contributed by atoms with Gasteiger partial charge in [0.1, 0.15) is 24.1 Å². The fourth-order valence-corrected chi connectivity index (χ4v) is 10.2. The van der Waals surface area contributed by atoms with Gasteiger partial charge in [-0.2, -0.15) is 0 Å². The minimum Gasteiger partial charge on any atom is -0.458 e. The molecule has 1 N–H and O–H groups in total. The van der Waals surface area contributed by atoms with Crippen LogP contribution in [0.4, 0.5) is 14.4 Å². The van der Waals surface area contributed by atoms with Crippen molar-refractivity contribution in [2.24, 2.45) is 23.7 Å². The number of rotatable bonds is 10. The molecule has 0 bridgehead atoms. The molecule has 1 aromatic carbocycles. The van der Waals surface area contributed by atoms with E-state index in [2.05, 4.69) is 0 Å². The quantitative estimate of drug-likeness (QED) is 0.222. The summed E-state index contributed by atoms with van der Waals surface area (Å²) >= 11 is 6.15. The summed E-state index contributed by atoms with van der Waals surface area (Å²) in [5.74, 6) is -4.56. The van der Waals surface area contributed by atoms with Crippen LogP contribution in [0.5, 0.6) is 0 Å². The maximum Gasteiger partial charge on any atom is 0.418 e. The predicted octanol–water partition coefficient (Wildman–Crippen LogP) is 5.78. The van der Waals surface area contributed by atoms with Crippen LogP contribution in [0.3, 0.4) is 0 Å². The van der Waals surface area contributed by atoms with Crippen molar-refractivity contribution in [2.75, 3.05) is 47.4 Å². The molecule has 4 aliphatic heterocycles. The van der Waals surface area contributed by atoms with E-state index in [1.54, 1.807) is 72.5 Å². The molecule has 16 nitrogen and oxygen atoms in total. The number of aliphatic hydroxyl groups excluding tert-OH is 1. The van der Waals surface area contributed by atoms with E-state index in [4.69, 9.17) is 40.0 Å². The number of urea groups is 1. The number of esters is 1. The number of likely N-dealkylation sites (N-methyl/N-ethyl adjacent to an activating group) is 2. The van der Waals surface area contributed by atoms with Crippen LogP contribution in [0.15, 0.2) is 24.3 Å². The molecule has 4 aliphatic rings. The van der Waals surface area contributed by atoms with Crippen LogP contribution in [0.25, 0.3) is 0 Å². The summed E-state index contributed by atoms with van der Waals surface area (Å²) in [5.41, 5.74) is -1.91. The number of halogens is 1. The summed E-state index contributed by atoms with van der Waals surface area (Å²) in [6.45, 7) is 17.3. The number of fused-ring (bicyclic) bond motifs is 1. The molecule has 0 radical (unpaired) electrons. The number of aliphatic hydroxyl groups is 1. The fourth-order valence-electron chi connectivity index (χ4n) is 10.1. The molecule has 4 heterocycles. The average Bonchev–Trinajstić information content (AvgIpc) is 3.72. The van der Waals surface area contributed by atoms with E-state index in [1.165, 1.54) is 12.0 Å². The van der Waals surface area contributed by atoms with Crippen LogP contribution in [-0.4, -0.2) is 162 Å². The number of Topliss-reactive ketones (excluding diaryl/α,β-unsaturated/α-hetero) is 1. The van der Waals surface area contributed by atoms with Gasteiger partial charge in [-0.3, -0.25) is 14.5 Å². The van der Waals surface area contributed by atoms with Gasteiger partial charge >= 0.3 is 24.2 Å². The average molecular weight is 894 g/mol. The zero-order chi connectivity index (χ0) is 46.0. The van der Waals surface area contributed by atoms with Gasteiger partial charge in [0, 0.05) is 56.1 Å². The molecular formula is C45H69ClN4O12. The van der Waals surface area contributed by atoms with E-state index >= 15 is 0 Å². The normalized spacial score (nSPS) is 37.6. The Kier molecular flexibility index (Phi) is 16.0. The highest BCUT2D eigenvalue weighted by Crippen LogP contribution is 2.44. The van der Waals surface area contributed by atoms with Gasteiger partial charge in [-0.15, -0.1) is 0 Å². The van der Waals surface area contributed by atoms with Gasteiger partial charge in [-0.25, -0.2) is 19.3 Å². The smallest absolute Gasteiger partial charge is 0.418 e. The maximum absolute atomic E-state index is 14.9. The Labute approximate surface area is 371 Å². The molecule has 0 aliphatic carbocycles. The number of cyclic esters (lactones) is 1. The second-order valence-corrected chi connectivity index (χ2v) is 18.7. The van der Waals surface area contributed by atoms with Crippen LogP contribution in [0.1, 0.15) is 87.1 Å². The third kappa shape index (κ3) is 10.0. The minimum absolute atomic E-state index is 0.0749. The third-order valence-electron chi connectivity index (χ3n) is 14.0. The fraction of sp³-hybridized carbons (Fsp3) is 0.756. The first kappa shape index (κ1) is 49.5. The van der Waals surface area contributed by atoms with Crippen LogP contribution >= 0.6 is 11.6 Å². The molecule has 4 amide bonds. The van der Waals surface area contributed by atoms with Crippen molar-refractivity contribution >= 4 is 41.6 Å². The standard InChI is InChI=1S/C45H69ClN4O12/c1-13-33-45(9)37(49(43(56)62-45)20-19-30-15-17-31(46)18-16-30)27(5)34(51)25(3)24-44(8,57-12)38(61-40-35(52)32(47(10)14-2)23-26(4)58-40)28(6)36(29(7)39(53)59-33)60-42(55)50-22-21-48(11)41(50)54/h15-18,25-29,32-33,35-38,40,52H,13-14,19-24H2,1-12H3/t25-,26-,27-,28+,29-,32+,33+,35-,36-,37-,38-,40+,44+,45-/m1/s1.